The summed E-state index contributed by atoms with van der Waals surface area (Å²) >= 11 is 0. The number of carbonyl (C=O) groups is 3. The number of anilines is 2. The summed E-state index contributed by atoms with van der Waals surface area (Å²) in [6.07, 6.45) is -0.962. The summed E-state index contributed by atoms with van der Waals surface area (Å²) in [5.41, 5.74) is 0.558. The SMILES string of the molecule is CC(=O)[C@@H]1[C@H]2C(=O)N(c3cccc(C(F)(F)F)c3)C(=O)[C@H]2[C@@H]2C=Cc3ccccc3N12. The van der Waals surface area contributed by atoms with Gasteiger partial charge in [0.05, 0.1) is 29.1 Å². The molecular formula is C23H17F3N2O3. The van der Waals surface area contributed by atoms with Crippen LogP contribution in [0.5, 0.6) is 0 Å². The van der Waals surface area contributed by atoms with Gasteiger partial charge in [0.1, 0.15) is 6.04 Å². The molecule has 0 saturated carbocycles. The number of hydrogen-bond donors (Lipinski definition) is 0. The molecule has 2 amide bonds. The van der Waals surface area contributed by atoms with E-state index in [-0.39, 0.29) is 11.5 Å². The molecule has 31 heavy (non-hydrogen) atoms. The van der Waals surface area contributed by atoms with E-state index in [1.807, 2.05) is 35.2 Å². The van der Waals surface area contributed by atoms with Crippen LogP contribution in [0.4, 0.5) is 24.5 Å². The highest BCUT2D eigenvalue weighted by Crippen LogP contribution is 2.49. The van der Waals surface area contributed by atoms with Crippen LogP contribution in [0.3, 0.4) is 0 Å². The lowest BCUT2D eigenvalue weighted by atomic mass is 9.88. The zero-order chi connectivity index (χ0) is 22.1. The normalized spacial score (nSPS) is 26.7. The van der Waals surface area contributed by atoms with Gasteiger partial charge in [-0.25, -0.2) is 4.90 Å². The van der Waals surface area contributed by atoms with Gasteiger partial charge in [0, 0.05) is 5.69 Å². The first-order valence-electron chi connectivity index (χ1n) is 9.81. The molecule has 3 aliphatic heterocycles. The minimum Gasteiger partial charge on any atom is -0.353 e. The fourth-order valence-corrected chi connectivity index (χ4v) is 5.05. The molecule has 0 unspecified atom stereocenters. The van der Waals surface area contributed by atoms with Crippen molar-refractivity contribution in [2.75, 3.05) is 9.80 Å². The Hall–Kier alpha value is -3.42. The summed E-state index contributed by atoms with van der Waals surface area (Å²) < 4.78 is 39.5. The van der Waals surface area contributed by atoms with Gasteiger partial charge in [0.15, 0.2) is 5.78 Å². The molecule has 4 atom stereocenters. The van der Waals surface area contributed by atoms with Crippen molar-refractivity contribution in [2.45, 2.75) is 25.2 Å². The molecule has 0 aliphatic carbocycles. The fraction of sp³-hybridized carbons (Fsp3) is 0.261. The average molecular weight is 426 g/mol. The topological polar surface area (TPSA) is 57.7 Å². The predicted molar refractivity (Wildman–Crippen MR) is 107 cm³/mol. The lowest BCUT2D eigenvalue weighted by Gasteiger charge is -2.36. The summed E-state index contributed by atoms with van der Waals surface area (Å²) in [6, 6.07) is 10.1. The van der Waals surface area contributed by atoms with Crippen molar-refractivity contribution in [1.82, 2.24) is 0 Å². The van der Waals surface area contributed by atoms with E-state index in [1.165, 1.54) is 19.1 Å². The van der Waals surface area contributed by atoms with E-state index in [9.17, 15) is 27.6 Å². The maximum atomic E-state index is 13.3. The van der Waals surface area contributed by atoms with Crippen molar-refractivity contribution in [3.05, 3.63) is 65.7 Å². The Bertz CT molecular complexity index is 1160. The molecule has 0 bridgehead atoms. The Morgan fingerprint density at radius 3 is 2.39 bits per heavy atom. The van der Waals surface area contributed by atoms with E-state index < -0.39 is 47.5 Å². The van der Waals surface area contributed by atoms with Crippen molar-refractivity contribution < 1.29 is 27.6 Å². The molecule has 0 radical (unpaired) electrons. The van der Waals surface area contributed by atoms with Crippen LogP contribution in [0, 0.1) is 11.8 Å². The number of fused-ring (bicyclic) bond motifs is 5. The Kier molecular flexibility index (Phi) is 4.12. The first-order valence-corrected chi connectivity index (χ1v) is 9.81. The second-order valence-corrected chi connectivity index (χ2v) is 7.98. The quantitative estimate of drug-likeness (QED) is 0.688. The lowest BCUT2D eigenvalue weighted by Crippen LogP contribution is -2.48. The Morgan fingerprint density at radius 1 is 0.968 bits per heavy atom. The number of hydrogen-bond acceptors (Lipinski definition) is 4. The van der Waals surface area contributed by atoms with Gasteiger partial charge in [-0.15, -0.1) is 0 Å². The maximum Gasteiger partial charge on any atom is 0.416 e. The van der Waals surface area contributed by atoms with Crippen molar-refractivity contribution in [2.24, 2.45) is 11.8 Å². The van der Waals surface area contributed by atoms with Crippen molar-refractivity contribution in [3.8, 4) is 0 Å². The molecule has 5 rings (SSSR count). The molecule has 5 nitrogen and oxygen atoms in total. The van der Waals surface area contributed by atoms with Crippen molar-refractivity contribution in [1.29, 1.82) is 0 Å². The summed E-state index contributed by atoms with van der Waals surface area (Å²) in [4.78, 5) is 42.0. The van der Waals surface area contributed by atoms with E-state index >= 15 is 0 Å². The Morgan fingerprint density at radius 2 is 1.68 bits per heavy atom. The van der Waals surface area contributed by atoms with Gasteiger partial charge < -0.3 is 4.90 Å². The molecule has 2 saturated heterocycles. The summed E-state index contributed by atoms with van der Waals surface area (Å²) in [5, 5.41) is 0. The Labute approximate surface area is 175 Å². The second kappa shape index (κ2) is 6.54. The van der Waals surface area contributed by atoms with Gasteiger partial charge in [0.25, 0.3) is 0 Å². The Balaban J connectivity index is 1.60. The van der Waals surface area contributed by atoms with Crippen LogP contribution in [0.25, 0.3) is 6.08 Å². The molecule has 8 heteroatoms. The number of benzene rings is 2. The highest BCUT2D eigenvalue weighted by molar-refractivity contribution is 6.24. The molecule has 2 aromatic rings. The summed E-state index contributed by atoms with van der Waals surface area (Å²) in [7, 11) is 0. The van der Waals surface area contributed by atoms with Crippen LogP contribution in [-0.2, 0) is 20.6 Å². The first-order chi connectivity index (χ1) is 14.7. The standard InChI is InChI=1S/C23H17F3N2O3/c1-12(29)20-19-18(17-10-9-13-5-2-3-8-16(13)28(17)20)21(30)27(22(19)31)15-7-4-6-14(11-15)23(24,25)26/h2-11,17-20H,1H3/t17-,18-,19-,20+/m0/s1. The molecular weight excluding hydrogens is 409 g/mol. The third-order valence-corrected chi connectivity index (χ3v) is 6.26. The van der Waals surface area contributed by atoms with E-state index in [0.29, 0.717) is 0 Å². The summed E-state index contributed by atoms with van der Waals surface area (Å²) in [6.45, 7) is 1.37. The molecule has 0 N–H and O–H groups in total. The van der Waals surface area contributed by atoms with Crippen LogP contribution in [0.2, 0.25) is 0 Å². The lowest BCUT2D eigenvalue weighted by molar-refractivity contribution is -0.137. The van der Waals surface area contributed by atoms with E-state index in [1.54, 1.807) is 6.08 Å². The van der Waals surface area contributed by atoms with Gasteiger partial charge in [0.2, 0.25) is 11.8 Å². The number of ketones is 1. The third kappa shape index (κ3) is 2.74. The molecule has 0 aromatic heterocycles. The minimum atomic E-state index is -4.60. The molecule has 2 fully saturated rings. The molecule has 2 aromatic carbocycles. The number of nitrogens with zero attached hydrogens (tertiary/aromatic N) is 2. The van der Waals surface area contributed by atoms with Crippen molar-refractivity contribution in [3.63, 3.8) is 0 Å². The largest absolute Gasteiger partial charge is 0.416 e. The van der Waals surface area contributed by atoms with Crippen molar-refractivity contribution >= 4 is 35.0 Å². The van der Waals surface area contributed by atoms with Gasteiger partial charge in [-0.2, -0.15) is 13.2 Å². The number of Topliss-reactive ketones (excluding diaryl/α,β-unsaturated/α-hetero) is 1. The van der Waals surface area contributed by atoms with Crippen LogP contribution in [-0.4, -0.2) is 29.7 Å². The smallest absolute Gasteiger partial charge is 0.353 e. The van der Waals surface area contributed by atoms with Gasteiger partial charge in [-0.1, -0.05) is 36.4 Å². The molecule has 0 spiro atoms. The van der Waals surface area contributed by atoms with E-state index in [4.69, 9.17) is 0 Å². The number of halogens is 3. The maximum absolute atomic E-state index is 13.3. The summed E-state index contributed by atoms with van der Waals surface area (Å²) in [5.74, 6) is -3.30. The zero-order valence-electron chi connectivity index (χ0n) is 16.3. The van der Waals surface area contributed by atoms with Gasteiger partial charge >= 0.3 is 6.18 Å². The highest BCUT2D eigenvalue weighted by atomic mass is 19.4. The highest BCUT2D eigenvalue weighted by Gasteiger charge is 2.63. The molecule has 3 aliphatic rings. The zero-order valence-corrected chi connectivity index (χ0v) is 16.3. The van der Waals surface area contributed by atoms with E-state index in [0.717, 1.165) is 28.3 Å². The molecule has 3 heterocycles. The number of alkyl halides is 3. The second-order valence-electron chi connectivity index (χ2n) is 7.98. The fourth-order valence-electron chi connectivity index (χ4n) is 5.05. The number of amides is 2. The van der Waals surface area contributed by atoms with Crippen LogP contribution >= 0.6 is 0 Å². The first kappa shape index (κ1) is 19.5. The molecule has 158 valence electrons. The van der Waals surface area contributed by atoms with Gasteiger partial charge in [-0.05, 0) is 36.8 Å². The van der Waals surface area contributed by atoms with Crippen LogP contribution in [0.1, 0.15) is 18.1 Å². The van der Waals surface area contributed by atoms with Crippen LogP contribution < -0.4 is 9.80 Å². The monoisotopic (exact) mass is 426 g/mol. The number of imide groups is 1. The average Bonchev–Trinajstić information content (AvgIpc) is 3.21. The number of rotatable bonds is 2. The predicted octanol–water partition coefficient (Wildman–Crippen LogP) is 3.68. The minimum absolute atomic E-state index is 0.131. The van der Waals surface area contributed by atoms with Gasteiger partial charge in [-0.3, -0.25) is 14.4 Å². The number of para-hydroxylation sites is 1. The number of carbonyl (C=O) groups excluding carboxylic acids is 3. The third-order valence-electron chi connectivity index (χ3n) is 6.26. The van der Waals surface area contributed by atoms with E-state index in [2.05, 4.69) is 0 Å². The van der Waals surface area contributed by atoms with Crippen LogP contribution in [0.15, 0.2) is 54.6 Å².